The van der Waals surface area contributed by atoms with E-state index in [0.717, 1.165) is 23.9 Å². The van der Waals surface area contributed by atoms with Crippen LogP contribution >= 0.6 is 31.9 Å². The van der Waals surface area contributed by atoms with Crippen LogP contribution in [0.2, 0.25) is 0 Å². The fraction of sp³-hybridized carbons (Fsp3) is 0.417. The number of benzene rings is 1. The lowest BCUT2D eigenvalue weighted by Crippen LogP contribution is -2.08. The van der Waals surface area contributed by atoms with Gasteiger partial charge >= 0.3 is 0 Å². The lowest BCUT2D eigenvalue weighted by Gasteiger charge is -2.05. The van der Waals surface area contributed by atoms with Crippen molar-refractivity contribution in [2.45, 2.75) is 18.9 Å². The molecule has 5 heteroatoms. The van der Waals surface area contributed by atoms with E-state index < -0.39 is 0 Å². The first-order chi connectivity index (χ1) is 8.16. The molecule has 1 aromatic carbocycles. The molecule has 1 saturated heterocycles. The minimum atomic E-state index is 0.212. The van der Waals surface area contributed by atoms with Crippen LogP contribution in [0.4, 0.5) is 0 Å². The summed E-state index contributed by atoms with van der Waals surface area (Å²) >= 11 is 6.67. The highest BCUT2D eigenvalue weighted by Crippen LogP contribution is 2.30. The molecule has 0 aromatic heterocycles. The van der Waals surface area contributed by atoms with Crippen LogP contribution in [-0.2, 0) is 4.74 Å². The molecule has 1 heterocycles. The Balaban J connectivity index is 2.04. The maximum Gasteiger partial charge on any atom is 0.138 e. The Labute approximate surface area is 117 Å². The zero-order chi connectivity index (χ0) is 12.3. The standard InChI is InChI=1S/C12H13Br2NO2/c13-9-4-8(12(16)11(14)5-9)6-15-7-10-2-1-3-17-10/h4-6,10,16H,1-3,7H2/t10-/m0/s1. The minimum absolute atomic E-state index is 0.212. The summed E-state index contributed by atoms with van der Waals surface area (Å²) in [5, 5.41) is 9.82. The largest absolute Gasteiger partial charge is 0.506 e. The lowest BCUT2D eigenvalue weighted by molar-refractivity contribution is 0.118. The molecule has 17 heavy (non-hydrogen) atoms. The number of aliphatic imine (C=N–C) groups is 1. The average Bonchev–Trinajstić information content (AvgIpc) is 2.78. The monoisotopic (exact) mass is 361 g/mol. The zero-order valence-corrected chi connectivity index (χ0v) is 12.4. The molecule has 3 nitrogen and oxygen atoms in total. The van der Waals surface area contributed by atoms with Crippen LogP contribution < -0.4 is 0 Å². The summed E-state index contributed by atoms with van der Waals surface area (Å²) in [5.74, 6) is 0.212. The van der Waals surface area contributed by atoms with Gasteiger partial charge in [0.1, 0.15) is 5.75 Å². The van der Waals surface area contributed by atoms with Gasteiger partial charge in [0.25, 0.3) is 0 Å². The molecular formula is C12H13Br2NO2. The number of phenolic OH excluding ortho intramolecular Hbond substituents is 1. The highest BCUT2D eigenvalue weighted by atomic mass is 79.9. The van der Waals surface area contributed by atoms with Gasteiger partial charge in [0.2, 0.25) is 0 Å². The van der Waals surface area contributed by atoms with E-state index in [-0.39, 0.29) is 11.9 Å². The van der Waals surface area contributed by atoms with E-state index >= 15 is 0 Å². The Morgan fingerprint density at radius 2 is 2.29 bits per heavy atom. The molecule has 1 fully saturated rings. The van der Waals surface area contributed by atoms with E-state index in [1.165, 1.54) is 0 Å². The molecule has 0 spiro atoms. The Bertz CT molecular complexity index is 429. The molecule has 0 bridgehead atoms. The highest BCUT2D eigenvalue weighted by molar-refractivity contribution is 9.11. The van der Waals surface area contributed by atoms with Crippen LogP contribution in [0.5, 0.6) is 5.75 Å². The molecule has 92 valence electrons. The predicted octanol–water partition coefficient (Wildman–Crippen LogP) is 3.52. The van der Waals surface area contributed by atoms with Crippen LogP contribution in [0.25, 0.3) is 0 Å². The normalized spacial score (nSPS) is 20.2. The molecule has 0 saturated carbocycles. The van der Waals surface area contributed by atoms with Crippen LogP contribution in [0, 0.1) is 0 Å². The Kier molecular flexibility index (Phi) is 4.59. The zero-order valence-electron chi connectivity index (χ0n) is 9.20. The molecule has 0 aliphatic carbocycles. The first kappa shape index (κ1) is 13.1. The summed E-state index contributed by atoms with van der Waals surface area (Å²) in [7, 11) is 0. The van der Waals surface area contributed by atoms with Gasteiger partial charge in [0.15, 0.2) is 0 Å². The van der Waals surface area contributed by atoms with Crippen molar-refractivity contribution >= 4 is 38.1 Å². The second kappa shape index (κ2) is 5.98. The van der Waals surface area contributed by atoms with Crippen molar-refractivity contribution in [2.24, 2.45) is 4.99 Å². The number of aromatic hydroxyl groups is 1. The molecule has 1 N–H and O–H groups in total. The molecule has 1 aliphatic heterocycles. The molecule has 1 aromatic rings. The third kappa shape index (κ3) is 3.53. The predicted molar refractivity (Wildman–Crippen MR) is 74.9 cm³/mol. The molecule has 0 radical (unpaired) electrons. The number of phenols is 1. The van der Waals surface area contributed by atoms with Gasteiger partial charge in [0, 0.05) is 22.9 Å². The number of halogens is 2. The highest BCUT2D eigenvalue weighted by Gasteiger charge is 2.14. The van der Waals surface area contributed by atoms with E-state index in [1.807, 2.05) is 6.07 Å². The third-order valence-corrected chi connectivity index (χ3v) is 3.68. The summed E-state index contributed by atoms with van der Waals surface area (Å²) < 4.78 is 7.04. The fourth-order valence-electron chi connectivity index (χ4n) is 1.74. The van der Waals surface area contributed by atoms with Crippen molar-refractivity contribution in [3.8, 4) is 5.75 Å². The van der Waals surface area contributed by atoms with Crippen molar-refractivity contribution in [3.63, 3.8) is 0 Å². The van der Waals surface area contributed by atoms with Crippen molar-refractivity contribution in [1.82, 2.24) is 0 Å². The molecule has 1 atom stereocenters. The van der Waals surface area contributed by atoms with Crippen LogP contribution in [0.1, 0.15) is 18.4 Å². The summed E-state index contributed by atoms with van der Waals surface area (Å²) in [6, 6.07) is 3.63. The Hall–Kier alpha value is -0.390. The quantitative estimate of drug-likeness (QED) is 0.836. The van der Waals surface area contributed by atoms with Gasteiger partial charge in [-0.2, -0.15) is 0 Å². The number of rotatable bonds is 3. The first-order valence-corrected chi connectivity index (χ1v) is 7.05. The molecule has 0 unspecified atom stereocenters. The summed E-state index contributed by atoms with van der Waals surface area (Å²) in [6.45, 7) is 1.50. The summed E-state index contributed by atoms with van der Waals surface area (Å²) in [5.41, 5.74) is 0.698. The van der Waals surface area contributed by atoms with E-state index in [1.54, 1.807) is 12.3 Å². The fourth-order valence-corrected chi connectivity index (χ4v) is 3.00. The second-order valence-electron chi connectivity index (χ2n) is 3.95. The van der Waals surface area contributed by atoms with Gasteiger partial charge in [-0.05, 0) is 40.9 Å². The first-order valence-electron chi connectivity index (χ1n) is 5.46. The van der Waals surface area contributed by atoms with Gasteiger partial charge in [-0.25, -0.2) is 0 Å². The molecule has 1 aliphatic rings. The summed E-state index contributed by atoms with van der Waals surface area (Å²) in [6.07, 6.45) is 4.12. The van der Waals surface area contributed by atoms with Crippen LogP contribution in [-0.4, -0.2) is 30.6 Å². The van der Waals surface area contributed by atoms with Gasteiger partial charge in [0.05, 0.1) is 17.1 Å². The lowest BCUT2D eigenvalue weighted by atomic mass is 10.2. The Morgan fingerprint density at radius 3 is 3.00 bits per heavy atom. The van der Waals surface area contributed by atoms with Gasteiger partial charge in [-0.1, -0.05) is 15.9 Å². The smallest absolute Gasteiger partial charge is 0.138 e. The van der Waals surface area contributed by atoms with Crippen molar-refractivity contribution in [3.05, 3.63) is 26.6 Å². The third-order valence-electron chi connectivity index (χ3n) is 2.62. The number of hydrogen-bond donors (Lipinski definition) is 1. The van der Waals surface area contributed by atoms with Crippen molar-refractivity contribution in [2.75, 3.05) is 13.2 Å². The van der Waals surface area contributed by atoms with Crippen molar-refractivity contribution in [1.29, 1.82) is 0 Å². The number of ether oxygens (including phenoxy) is 1. The van der Waals surface area contributed by atoms with E-state index in [9.17, 15) is 5.11 Å². The SMILES string of the molecule is Oc1c(Br)cc(Br)cc1C=NC[C@@H]1CCCO1. The van der Waals surface area contributed by atoms with Crippen LogP contribution in [0.15, 0.2) is 26.1 Å². The van der Waals surface area contributed by atoms with Crippen LogP contribution in [0.3, 0.4) is 0 Å². The molecule has 0 amide bonds. The van der Waals surface area contributed by atoms with Crippen molar-refractivity contribution < 1.29 is 9.84 Å². The van der Waals surface area contributed by atoms with E-state index in [2.05, 4.69) is 36.9 Å². The molecular weight excluding hydrogens is 350 g/mol. The van der Waals surface area contributed by atoms with E-state index in [0.29, 0.717) is 16.6 Å². The topological polar surface area (TPSA) is 41.8 Å². The second-order valence-corrected chi connectivity index (χ2v) is 5.72. The summed E-state index contributed by atoms with van der Waals surface area (Å²) in [4.78, 5) is 4.32. The number of hydrogen-bond acceptors (Lipinski definition) is 3. The van der Waals surface area contributed by atoms with Gasteiger partial charge in [-0.3, -0.25) is 4.99 Å². The maximum atomic E-state index is 9.82. The Morgan fingerprint density at radius 1 is 1.47 bits per heavy atom. The minimum Gasteiger partial charge on any atom is -0.506 e. The maximum absolute atomic E-state index is 9.82. The molecule has 2 rings (SSSR count). The number of nitrogens with zero attached hydrogens (tertiary/aromatic N) is 1. The average molecular weight is 363 g/mol. The van der Waals surface area contributed by atoms with E-state index in [4.69, 9.17) is 4.74 Å². The van der Waals surface area contributed by atoms with Gasteiger partial charge < -0.3 is 9.84 Å². The van der Waals surface area contributed by atoms with Gasteiger partial charge in [-0.15, -0.1) is 0 Å².